The van der Waals surface area contributed by atoms with Crippen molar-refractivity contribution in [2.45, 2.75) is 27.7 Å². The van der Waals surface area contributed by atoms with Crippen LogP contribution in [0.25, 0.3) is 10.9 Å². The second-order valence-corrected chi connectivity index (χ2v) is 3.96. The molecule has 14 heavy (non-hydrogen) atoms. The van der Waals surface area contributed by atoms with Gasteiger partial charge in [0.15, 0.2) is 0 Å². The molecule has 0 amide bonds. The first kappa shape index (κ1) is 10.8. The molecule has 1 N–H and O–H groups in total. The SMILES string of the molecule is C.CC(C)Cc1c[nH]c2ccccc12. The zero-order chi connectivity index (χ0) is 9.26. The lowest BCUT2D eigenvalue weighted by molar-refractivity contribution is 0.650. The largest absolute Gasteiger partial charge is 0.361 e. The molecule has 0 aliphatic carbocycles. The first-order valence-electron chi connectivity index (χ1n) is 4.82. The maximum absolute atomic E-state index is 3.29. The molecule has 1 heterocycles. The van der Waals surface area contributed by atoms with E-state index in [4.69, 9.17) is 0 Å². The Morgan fingerprint density at radius 2 is 1.93 bits per heavy atom. The molecule has 0 bridgehead atoms. The first-order valence-corrected chi connectivity index (χ1v) is 4.82. The van der Waals surface area contributed by atoms with Crippen molar-refractivity contribution in [1.29, 1.82) is 0 Å². The fourth-order valence-electron chi connectivity index (χ4n) is 1.74. The predicted octanol–water partition coefficient (Wildman–Crippen LogP) is 4.00. The number of benzene rings is 1. The van der Waals surface area contributed by atoms with E-state index in [1.54, 1.807) is 0 Å². The van der Waals surface area contributed by atoms with Crippen LogP contribution in [0.15, 0.2) is 30.5 Å². The van der Waals surface area contributed by atoms with Gasteiger partial charge in [-0.05, 0) is 24.0 Å². The molecule has 0 fully saturated rings. The number of hydrogen-bond donors (Lipinski definition) is 1. The number of fused-ring (bicyclic) bond motifs is 1. The molecule has 0 spiro atoms. The van der Waals surface area contributed by atoms with Crippen LogP contribution in [0.3, 0.4) is 0 Å². The molecule has 0 unspecified atom stereocenters. The summed E-state index contributed by atoms with van der Waals surface area (Å²) in [4.78, 5) is 3.29. The van der Waals surface area contributed by atoms with Gasteiger partial charge in [-0.15, -0.1) is 0 Å². The van der Waals surface area contributed by atoms with Crippen molar-refractivity contribution >= 4 is 10.9 Å². The van der Waals surface area contributed by atoms with Gasteiger partial charge in [0.05, 0.1) is 0 Å². The lowest BCUT2D eigenvalue weighted by atomic mass is 10.0. The van der Waals surface area contributed by atoms with Crippen LogP contribution < -0.4 is 0 Å². The van der Waals surface area contributed by atoms with Gasteiger partial charge >= 0.3 is 0 Å². The lowest BCUT2D eigenvalue weighted by Gasteiger charge is -2.01. The highest BCUT2D eigenvalue weighted by Crippen LogP contribution is 2.20. The summed E-state index contributed by atoms with van der Waals surface area (Å²) in [6.07, 6.45) is 3.29. The Kier molecular flexibility index (Phi) is 3.34. The van der Waals surface area contributed by atoms with E-state index in [2.05, 4.69) is 49.3 Å². The first-order chi connectivity index (χ1) is 6.27. The number of aromatic amines is 1. The summed E-state index contributed by atoms with van der Waals surface area (Å²) in [6, 6.07) is 8.47. The van der Waals surface area contributed by atoms with Crippen molar-refractivity contribution in [1.82, 2.24) is 4.98 Å². The Balaban J connectivity index is 0.000000980. The fraction of sp³-hybridized carbons (Fsp3) is 0.385. The van der Waals surface area contributed by atoms with Crippen LogP contribution in [0.1, 0.15) is 26.8 Å². The maximum atomic E-state index is 3.29. The summed E-state index contributed by atoms with van der Waals surface area (Å²) < 4.78 is 0. The summed E-state index contributed by atoms with van der Waals surface area (Å²) in [7, 11) is 0. The summed E-state index contributed by atoms with van der Waals surface area (Å²) in [5, 5.41) is 1.37. The normalized spacial score (nSPS) is 10.5. The zero-order valence-electron chi connectivity index (χ0n) is 8.17. The smallest absolute Gasteiger partial charge is 0.0456 e. The van der Waals surface area contributed by atoms with E-state index >= 15 is 0 Å². The molecule has 1 aromatic heterocycles. The van der Waals surface area contributed by atoms with E-state index in [1.165, 1.54) is 16.5 Å². The van der Waals surface area contributed by atoms with Gasteiger partial charge in [-0.3, -0.25) is 0 Å². The van der Waals surface area contributed by atoms with Crippen LogP contribution in [-0.2, 0) is 6.42 Å². The van der Waals surface area contributed by atoms with Gasteiger partial charge in [0.2, 0.25) is 0 Å². The second-order valence-electron chi connectivity index (χ2n) is 3.96. The molecule has 0 aliphatic rings. The van der Waals surface area contributed by atoms with Gasteiger partial charge < -0.3 is 4.98 Å². The van der Waals surface area contributed by atoms with Gasteiger partial charge in [-0.25, -0.2) is 0 Å². The van der Waals surface area contributed by atoms with Gasteiger partial charge in [0, 0.05) is 17.1 Å². The maximum Gasteiger partial charge on any atom is 0.0456 e. The van der Waals surface area contributed by atoms with Crippen molar-refractivity contribution in [2.24, 2.45) is 5.92 Å². The van der Waals surface area contributed by atoms with Crippen LogP contribution in [0.5, 0.6) is 0 Å². The summed E-state index contributed by atoms with van der Waals surface area (Å²) >= 11 is 0. The summed E-state index contributed by atoms with van der Waals surface area (Å²) in [5.74, 6) is 0.721. The number of aromatic nitrogens is 1. The predicted molar refractivity (Wildman–Crippen MR) is 63.6 cm³/mol. The fourth-order valence-corrected chi connectivity index (χ4v) is 1.74. The molecule has 1 nitrogen and oxygen atoms in total. The molecule has 0 aliphatic heterocycles. The minimum Gasteiger partial charge on any atom is -0.361 e. The van der Waals surface area contributed by atoms with Crippen molar-refractivity contribution in [3.05, 3.63) is 36.0 Å². The topological polar surface area (TPSA) is 15.8 Å². The van der Waals surface area contributed by atoms with E-state index in [-0.39, 0.29) is 7.43 Å². The van der Waals surface area contributed by atoms with E-state index in [1.807, 2.05) is 0 Å². The van der Waals surface area contributed by atoms with Crippen LogP contribution in [0.4, 0.5) is 0 Å². The molecule has 1 heteroatoms. The van der Waals surface area contributed by atoms with Gasteiger partial charge in [0.1, 0.15) is 0 Å². The molecule has 0 saturated heterocycles. The monoisotopic (exact) mass is 189 g/mol. The van der Waals surface area contributed by atoms with Gasteiger partial charge in [-0.2, -0.15) is 0 Å². The molecule has 0 saturated carbocycles. The highest BCUT2D eigenvalue weighted by molar-refractivity contribution is 5.83. The van der Waals surface area contributed by atoms with Crippen molar-refractivity contribution in [3.63, 3.8) is 0 Å². The Hall–Kier alpha value is -1.24. The number of hydrogen-bond acceptors (Lipinski definition) is 0. The van der Waals surface area contributed by atoms with Crippen LogP contribution in [0.2, 0.25) is 0 Å². The Bertz CT molecular complexity index is 398. The molecule has 1 aromatic carbocycles. The van der Waals surface area contributed by atoms with E-state index < -0.39 is 0 Å². The highest BCUT2D eigenvalue weighted by Gasteiger charge is 2.03. The second kappa shape index (κ2) is 4.32. The Labute approximate surface area is 86.2 Å². The van der Waals surface area contributed by atoms with Gasteiger partial charge in [0.25, 0.3) is 0 Å². The Morgan fingerprint density at radius 3 is 2.64 bits per heavy atom. The molecular formula is C13H19N. The standard InChI is InChI=1S/C12H15N.CH4/c1-9(2)7-10-8-13-12-6-4-3-5-11(10)12;/h3-6,8-9,13H,7H2,1-2H3;1H4. The van der Waals surface area contributed by atoms with Crippen molar-refractivity contribution in [3.8, 4) is 0 Å². The Morgan fingerprint density at radius 1 is 1.21 bits per heavy atom. The number of nitrogens with one attached hydrogen (secondary N) is 1. The molecular weight excluding hydrogens is 170 g/mol. The zero-order valence-corrected chi connectivity index (χ0v) is 8.17. The average Bonchev–Trinajstić information content (AvgIpc) is 2.48. The van der Waals surface area contributed by atoms with E-state index in [0.29, 0.717) is 0 Å². The number of H-pyrrole nitrogens is 1. The number of rotatable bonds is 2. The number of para-hydroxylation sites is 1. The molecule has 2 rings (SSSR count). The third-order valence-corrected chi connectivity index (χ3v) is 2.30. The third kappa shape index (κ3) is 1.98. The van der Waals surface area contributed by atoms with Crippen LogP contribution in [0, 0.1) is 5.92 Å². The van der Waals surface area contributed by atoms with Crippen molar-refractivity contribution in [2.75, 3.05) is 0 Å². The molecule has 76 valence electrons. The summed E-state index contributed by atoms with van der Waals surface area (Å²) in [5.41, 5.74) is 2.68. The highest BCUT2D eigenvalue weighted by atomic mass is 14.7. The lowest BCUT2D eigenvalue weighted by Crippen LogP contribution is -1.91. The minimum absolute atomic E-state index is 0. The van der Waals surface area contributed by atoms with Gasteiger partial charge in [-0.1, -0.05) is 39.5 Å². The van der Waals surface area contributed by atoms with Crippen LogP contribution in [-0.4, -0.2) is 4.98 Å². The summed E-state index contributed by atoms with van der Waals surface area (Å²) in [6.45, 7) is 4.50. The van der Waals surface area contributed by atoms with Crippen molar-refractivity contribution < 1.29 is 0 Å². The average molecular weight is 189 g/mol. The quantitative estimate of drug-likeness (QED) is 0.735. The van der Waals surface area contributed by atoms with E-state index in [9.17, 15) is 0 Å². The molecule has 2 aromatic rings. The van der Waals surface area contributed by atoms with E-state index in [0.717, 1.165) is 12.3 Å². The molecule has 0 atom stereocenters. The third-order valence-electron chi connectivity index (χ3n) is 2.30. The van der Waals surface area contributed by atoms with Crippen LogP contribution >= 0.6 is 0 Å². The minimum atomic E-state index is 0. The molecule has 0 radical (unpaired) electrons.